The van der Waals surface area contributed by atoms with Crippen LogP contribution in [-0.4, -0.2) is 18.4 Å². The fourth-order valence-corrected chi connectivity index (χ4v) is 8.84. The molecule has 4 aromatic rings. The van der Waals surface area contributed by atoms with Crippen molar-refractivity contribution in [2.24, 2.45) is 0 Å². The summed E-state index contributed by atoms with van der Waals surface area (Å²) in [4.78, 5) is 4.27. The molecule has 0 aliphatic carbocycles. The lowest BCUT2D eigenvalue weighted by Crippen LogP contribution is -2.68. The molecule has 5 heteroatoms. The van der Waals surface area contributed by atoms with E-state index in [9.17, 15) is 5.11 Å². The number of hydrogen-bond donors (Lipinski definition) is 1. The lowest BCUT2D eigenvalue weighted by Gasteiger charge is -2.43. The second kappa shape index (κ2) is 8.81. The van der Waals surface area contributed by atoms with E-state index in [1.54, 1.807) is 0 Å². The minimum Gasteiger partial charge on any atom is -0.534 e. The standard InChI is InChI=1S/C27H26ClNO2Si/c1-27(2,3)32(23-10-6-4-7-11-23,24-12-8-5-9-13-24)31-22-16-14-20(15-17-22)26-25(28)18-21(30)19-29-26/h4-19,30H,1-3H3. The number of rotatable bonds is 5. The van der Waals surface area contributed by atoms with E-state index >= 15 is 0 Å². The van der Waals surface area contributed by atoms with Gasteiger partial charge in [0.15, 0.2) is 0 Å². The first-order chi connectivity index (χ1) is 15.3. The predicted molar refractivity (Wildman–Crippen MR) is 135 cm³/mol. The quantitative estimate of drug-likeness (QED) is 0.369. The highest BCUT2D eigenvalue weighted by Crippen LogP contribution is 2.38. The largest absolute Gasteiger partial charge is 0.534 e. The summed E-state index contributed by atoms with van der Waals surface area (Å²) < 4.78 is 7.02. The van der Waals surface area contributed by atoms with Gasteiger partial charge in [-0.3, -0.25) is 4.98 Å². The average molecular weight is 460 g/mol. The van der Waals surface area contributed by atoms with Crippen molar-refractivity contribution in [1.29, 1.82) is 0 Å². The van der Waals surface area contributed by atoms with Gasteiger partial charge < -0.3 is 9.53 Å². The van der Waals surface area contributed by atoms with Crippen LogP contribution in [0.4, 0.5) is 0 Å². The van der Waals surface area contributed by atoms with Crippen LogP contribution in [0.5, 0.6) is 11.5 Å². The fraction of sp³-hybridized carbons (Fsp3) is 0.148. The van der Waals surface area contributed by atoms with Crippen molar-refractivity contribution in [3.63, 3.8) is 0 Å². The molecule has 0 bridgehead atoms. The fourth-order valence-electron chi connectivity index (χ4n) is 4.15. The predicted octanol–water partition coefficient (Wildman–Crippen LogP) is 6.05. The van der Waals surface area contributed by atoms with E-state index in [4.69, 9.17) is 16.0 Å². The second-order valence-electron chi connectivity index (χ2n) is 8.81. The van der Waals surface area contributed by atoms with Crippen LogP contribution in [0.1, 0.15) is 20.8 Å². The smallest absolute Gasteiger partial charge is 0.319 e. The van der Waals surface area contributed by atoms with Gasteiger partial charge in [0.2, 0.25) is 0 Å². The Labute approximate surface area is 195 Å². The Morgan fingerprint density at radius 2 is 1.34 bits per heavy atom. The van der Waals surface area contributed by atoms with Crippen molar-refractivity contribution >= 4 is 30.3 Å². The van der Waals surface area contributed by atoms with E-state index in [1.165, 1.54) is 22.6 Å². The van der Waals surface area contributed by atoms with Gasteiger partial charge in [-0.1, -0.05) is 93.0 Å². The van der Waals surface area contributed by atoms with E-state index in [1.807, 2.05) is 36.4 Å². The molecule has 0 saturated heterocycles. The summed E-state index contributed by atoms with van der Waals surface area (Å²) in [5.74, 6) is 0.850. The zero-order valence-corrected chi connectivity index (χ0v) is 20.2. The van der Waals surface area contributed by atoms with Crippen LogP contribution in [0.25, 0.3) is 11.3 Å². The highest BCUT2D eigenvalue weighted by Gasteiger charge is 2.52. The maximum Gasteiger partial charge on any atom is 0.319 e. The number of hydrogen-bond acceptors (Lipinski definition) is 3. The number of halogens is 1. The van der Waals surface area contributed by atoms with Crippen LogP contribution in [0, 0.1) is 0 Å². The Hall–Kier alpha value is -3.08. The van der Waals surface area contributed by atoms with Crippen molar-refractivity contribution in [3.8, 4) is 22.8 Å². The number of nitrogens with zero attached hydrogens (tertiary/aromatic N) is 1. The van der Waals surface area contributed by atoms with Crippen LogP contribution < -0.4 is 14.8 Å². The first-order valence-electron chi connectivity index (χ1n) is 10.6. The van der Waals surface area contributed by atoms with Crippen LogP contribution in [0.3, 0.4) is 0 Å². The maximum atomic E-state index is 9.59. The molecular formula is C27H26ClNO2Si. The molecule has 0 atom stereocenters. The van der Waals surface area contributed by atoms with Crippen LogP contribution >= 0.6 is 11.6 Å². The van der Waals surface area contributed by atoms with Gasteiger partial charge in [-0.15, -0.1) is 0 Å². The molecule has 0 spiro atoms. The molecule has 1 heterocycles. The summed E-state index contributed by atoms with van der Waals surface area (Å²) in [6, 6.07) is 30.5. The highest BCUT2D eigenvalue weighted by molar-refractivity contribution is 7.00. The number of aromatic hydroxyl groups is 1. The van der Waals surface area contributed by atoms with Gasteiger partial charge in [0, 0.05) is 11.6 Å². The summed E-state index contributed by atoms with van der Waals surface area (Å²) in [6.07, 6.45) is 1.40. The van der Waals surface area contributed by atoms with Gasteiger partial charge in [-0.25, -0.2) is 0 Å². The number of aromatic nitrogens is 1. The van der Waals surface area contributed by atoms with Crippen LogP contribution in [-0.2, 0) is 0 Å². The first-order valence-corrected chi connectivity index (χ1v) is 12.8. The van der Waals surface area contributed by atoms with Gasteiger partial charge in [-0.05, 0) is 39.7 Å². The Balaban J connectivity index is 1.80. The molecule has 0 aliphatic heterocycles. The molecule has 162 valence electrons. The van der Waals surface area contributed by atoms with E-state index in [2.05, 4.69) is 74.3 Å². The average Bonchev–Trinajstić information content (AvgIpc) is 2.78. The van der Waals surface area contributed by atoms with Gasteiger partial charge in [-0.2, -0.15) is 0 Å². The molecule has 0 fully saturated rings. The zero-order valence-electron chi connectivity index (χ0n) is 18.4. The summed E-state index contributed by atoms with van der Waals surface area (Å²) >= 11 is 6.28. The Morgan fingerprint density at radius 3 is 1.81 bits per heavy atom. The topological polar surface area (TPSA) is 42.4 Å². The lowest BCUT2D eigenvalue weighted by atomic mass is 10.1. The van der Waals surface area contributed by atoms with Gasteiger partial charge in [0.25, 0.3) is 0 Å². The van der Waals surface area contributed by atoms with Crippen molar-refractivity contribution in [2.45, 2.75) is 25.8 Å². The summed E-state index contributed by atoms with van der Waals surface area (Å²) in [5, 5.41) is 12.3. The van der Waals surface area contributed by atoms with Gasteiger partial charge in [0.05, 0.1) is 16.9 Å². The summed E-state index contributed by atoms with van der Waals surface area (Å²) in [7, 11) is -2.68. The third-order valence-corrected chi connectivity index (χ3v) is 10.9. The monoisotopic (exact) mass is 459 g/mol. The van der Waals surface area contributed by atoms with E-state index < -0.39 is 8.32 Å². The third-order valence-electron chi connectivity index (χ3n) is 5.64. The normalized spacial score (nSPS) is 11.9. The summed E-state index contributed by atoms with van der Waals surface area (Å²) in [5.41, 5.74) is 1.49. The maximum absolute atomic E-state index is 9.59. The summed E-state index contributed by atoms with van der Waals surface area (Å²) in [6.45, 7) is 6.77. The number of pyridine rings is 1. The molecule has 3 aromatic carbocycles. The van der Waals surface area contributed by atoms with E-state index in [0.29, 0.717) is 10.7 Å². The van der Waals surface area contributed by atoms with Crippen LogP contribution in [0.15, 0.2) is 97.2 Å². The first kappa shape index (κ1) is 22.1. The van der Waals surface area contributed by atoms with Gasteiger partial charge in [0.1, 0.15) is 11.5 Å². The lowest BCUT2D eigenvalue weighted by molar-refractivity contribution is 0.473. The Bertz CT molecular complexity index is 1150. The molecule has 0 radical (unpaired) electrons. The zero-order chi connectivity index (χ0) is 22.8. The number of benzene rings is 3. The highest BCUT2D eigenvalue weighted by atomic mass is 35.5. The molecular weight excluding hydrogens is 434 g/mol. The molecule has 0 saturated carbocycles. The Kier molecular flexibility index (Phi) is 6.09. The van der Waals surface area contributed by atoms with E-state index in [-0.39, 0.29) is 10.8 Å². The Morgan fingerprint density at radius 1 is 0.812 bits per heavy atom. The minimum absolute atomic E-state index is 0.0467. The molecule has 1 N–H and O–H groups in total. The molecule has 4 rings (SSSR count). The molecule has 0 unspecified atom stereocenters. The molecule has 0 amide bonds. The van der Waals surface area contributed by atoms with Crippen molar-refractivity contribution in [2.75, 3.05) is 0 Å². The molecule has 32 heavy (non-hydrogen) atoms. The second-order valence-corrected chi connectivity index (χ2v) is 13.4. The third kappa shape index (κ3) is 4.16. The van der Waals surface area contributed by atoms with Crippen molar-refractivity contribution in [3.05, 3.63) is 102 Å². The minimum atomic E-state index is -2.68. The molecule has 1 aromatic heterocycles. The van der Waals surface area contributed by atoms with Gasteiger partial charge >= 0.3 is 8.32 Å². The molecule has 0 aliphatic rings. The SMILES string of the molecule is CC(C)(C)[Si](Oc1ccc(-c2ncc(O)cc2Cl)cc1)(c1ccccc1)c1ccccc1. The van der Waals surface area contributed by atoms with Crippen molar-refractivity contribution < 1.29 is 9.53 Å². The van der Waals surface area contributed by atoms with Crippen molar-refractivity contribution in [1.82, 2.24) is 4.98 Å². The van der Waals surface area contributed by atoms with E-state index in [0.717, 1.165) is 11.3 Å². The molecule has 3 nitrogen and oxygen atoms in total. The van der Waals surface area contributed by atoms with Crippen LogP contribution in [0.2, 0.25) is 10.1 Å².